The molecule has 78 valence electrons. The minimum atomic E-state index is 0.700. The fraction of sp³-hybridized carbons (Fsp3) is 0.250. The fourth-order valence-electron chi connectivity index (χ4n) is 1.43. The van der Waals surface area contributed by atoms with E-state index in [1.165, 1.54) is 5.56 Å². The van der Waals surface area contributed by atoms with Crippen molar-refractivity contribution in [1.82, 2.24) is 4.98 Å². The summed E-state index contributed by atoms with van der Waals surface area (Å²) in [6.07, 6.45) is 3.50. The number of nitrogens with zero attached hydrogens (tertiary/aromatic N) is 1. The molecule has 15 heavy (non-hydrogen) atoms. The molecule has 3 nitrogen and oxygen atoms in total. The highest BCUT2D eigenvalue weighted by Crippen LogP contribution is 2.14. The zero-order chi connectivity index (χ0) is 10.7. The Morgan fingerprint density at radius 1 is 1.33 bits per heavy atom. The number of nitrogens with one attached hydrogen (secondary N) is 1. The summed E-state index contributed by atoms with van der Waals surface area (Å²) in [5.41, 5.74) is 3.22. The minimum absolute atomic E-state index is 0.700. The highest BCUT2D eigenvalue weighted by atomic mass is 16.3. The van der Waals surface area contributed by atoms with Gasteiger partial charge in [0.25, 0.3) is 0 Å². The molecule has 0 aliphatic rings. The summed E-state index contributed by atoms with van der Waals surface area (Å²) in [7, 11) is 0. The van der Waals surface area contributed by atoms with Crippen LogP contribution in [-0.4, -0.2) is 4.98 Å². The topological polar surface area (TPSA) is 38.1 Å². The predicted molar refractivity (Wildman–Crippen MR) is 59.7 cm³/mol. The molecular formula is C12H14N2O. The third kappa shape index (κ3) is 2.18. The molecule has 0 aromatic carbocycles. The van der Waals surface area contributed by atoms with Crippen molar-refractivity contribution in [2.24, 2.45) is 0 Å². The maximum atomic E-state index is 5.34. The first-order valence-corrected chi connectivity index (χ1v) is 4.96. The molecule has 0 fully saturated rings. The van der Waals surface area contributed by atoms with Crippen LogP contribution in [0.2, 0.25) is 0 Å². The molecule has 0 saturated carbocycles. The molecule has 0 aliphatic heterocycles. The lowest BCUT2D eigenvalue weighted by molar-refractivity contribution is 0.515. The summed E-state index contributed by atoms with van der Waals surface area (Å²) in [6, 6.07) is 5.90. The molecule has 0 radical (unpaired) electrons. The van der Waals surface area contributed by atoms with Crippen molar-refractivity contribution in [3.05, 3.63) is 47.7 Å². The van der Waals surface area contributed by atoms with Crippen LogP contribution in [0.3, 0.4) is 0 Å². The van der Waals surface area contributed by atoms with Gasteiger partial charge >= 0.3 is 0 Å². The Labute approximate surface area is 89.1 Å². The number of furan rings is 1. The number of hydrogen-bond donors (Lipinski definition) is 1. The molecule has 2 rings (SSSR count). The van der Waals surface area contributed by atoms with E-state index < -0.39 is 0 Å². The predicted octanol–water partition coefficient (Wildman–Crippen LogP) is 2.90. The first-order valence-electron chi connectivity index (χ1n) is 4.96. The first kappa shape index (κ1) is 9.77. The van der Waals surface area contributed by atoms with E-state index in [2.05, 4.69) is 10.3 Å². The summed E-state index contributed by atoms with van der Waals surface area (Å²) < 4.78 is 5.34. The summed E-state index contributed by atoms with van der Waals surface area (Å²) in [5, 5.41) is 3.30. The Morgan fingerprint density at radius 2 is 2.20 bits per heavy atom. The lowest BCUT2D eigenvalue weighted by Gasteiger charge is -2.07. The minimum Gasteiger partial charge on any atom is -0.467 e. The summed E-state index contributed by atoms with van der Waals surface area (Å²) in [6.45, 7) is 4.72. The van der Waals surface area contributed by atoms with Crippen LogP contribution in [0.25, 0.3) is 0 Å². The van der Waals surface area contributed by atoms with E-state index in [0.717, 1.165) is 17.1 Å². The maximum absolute atomic E-state index is 5.34. The molecular weight excluding hydrogens is 188 g/mol. The average molecular weight is 202 g/mol. The number of hydrogen-bond acceptors (Lipinski definition) is 3. The number of aryl methyl sites for hydroxylation is 2. The standard InChI is InChI=1S/C12H14N2O/c1-9-5-7-15-12(9)8-14-11-4-3-6-13-10(11)2/h3-7,14H,8H2,1-2H3. The van der Waals surface area contributed by atoms with Gasteiger partial charge in [-0.1, -0.05) is 0 Å². The van der Waals surface area contributed by atoms with Crippen LogP contribution >= 0.6 is 0 Å². The van der Waals surface area contributed by atoms with Crippen molar-refractivity contribution in [3.8, 4) is 0 Å². The molecule has 0 unspecified atom stereocenters. The molecule has 0 saturated heterocycles. The van der Waals surface area contributed by atoms with E-state index >= 15 is 0 Å². The zero-order valence-electron chi connectivity index (χ0n) is 8.95. The maximum Gasteiger partial charge on any atom is 0.125 e. The lowest BCUT2D eigenvalue weighted by Crippen LogP contribution is -2.01. The molecule has 0 amide bonds. The van der Waals surface area contributed by atoms with Crippen LogP contribution in [-0.2, 0) is 6.54 Å². The van der Waals surface area contributed by atoms with Gasteiger partial charge in [0.05, 0.1) is 24.2 Å². The van der Waals surface area contributed by atoms with Gasteiger partial charge in [0.1, 0.15) is 5.76 Å². The van der Waals surface area contributed by atoms with Crippen LogP contribution in [0, 0.1) is 13.8 Å². The van der Waals surface area contributed by atoms with E-state index in [1.54, 1.807) is 12.5 Å². The van der Waals surface area contributed by atoms with Crippen LogP contribution in [0.5, 0.6) is 0 Å². The Hall–Kier alpha value is -1.77. The van der Waals surface area contributed by atoms with Crippen molar-refractivity contribution in [1.29, 1.82) is 0 Å². The Kier molecular flexibility index (Phi) is 2.72. The van der Waals surface area contributed by atoms with Gasteiger partial charge in [0, 0.05) is 6.20 Å². The Morgan fingerprint density at radius 3 is 2.87 bits per heavy atom. The summed E-state index contributed by atoms with van der Waals surface area (Å²) in [4.78, 5) is 4.21. The molecule has 0 bridgehead atoms. The average Bonchev–Trinajstić information content (AvgIpc) is 2.63. The van der Waals surface area contributed by atoms with Crippen LogP contribution in [0.1, 0.15) is 17.0 Å². The third-order valence-electron chi connectivity index (χ3n) is 2.41. The van der Waals surface area contributed by atoms with Gasteiger partial charge in [-0.3, -0.25) is 4.98 Å². The van der Waals surface area contributed by atoms with Crippen molar-refractivity contribution < 1.29 is 4.42 Å². The normalized spacial score (nSPS) is 10.3. The number of anilines is 1. The Balaban J connectivity index is 2.06. The zero-order valence-corrected chi connectivity index (χ0v) is 8.95. The summed E-state index contributed by atoms with van der Waals surface area (Å²) in [5.74, 6) is 0.971. The van der Waals surface area contributed by atoms with Crippen LogP contribution in [0.4, 0.5) is 5.69 Å². The second-order valence-corrected chi connectivity index (χ2v) is 3.52. The molecule has 1 N–H and O–H groups in total. The molecule has 0 aliphatic carbocycles. The van der Waals surface area contributed by atoms with Gasteiger partial charge in [-0.15, -0.1) is 0 Å². The van der Waals surface area contributed by atoms with E-state index in [-0.39, 0.29) is 0 Å². The molecule has 0 spiro atoms. The van der Waals surface area contributed by atoms with Crippen molar-refractivity contribution in [2.45, 2.75) is 20.4 Å². The SMILES string of the molecule is Cc1ccoc1CNc1cccnc1C. The van der Waals surface area contributed by atoms with E-state index in [0.29, 0.717) is 6.54 Å². The van der Waals surface area contributed by atoms with Gasteiger partial charge < -0.3 is 9.73 Å². The van der Waals surface area contributed by atoms with Gasteiger partial charge in [0.15, 0.2) is 0 Å². The molecule has 2 aromatic rings. The lowest BCUT2D eigenvalue weighted by atomic mass is 10.2. The van der Waals surface area contributed by atoms with Crippen molar-refractivity contribution in [3.63, 3.8) is 0 Å². The third-order valence-corrected chi connectivity index (χ3v) is 2.41. The first-order chi connectivity index (χ1) is 7.27. The quantitative estimate of drug-likeness (QED) is 0.831. The molecule has 2 heterocycles. The second-order valence-electron chi connectivity index (χ2n) is 3.52. The number of rotatable bonds is 3. The number of pyridine rings is 1. The second kappa shape index (κ2) is 4.17. The molecule has 2 aromatic heterocycles. The fourth-order valence-corrected chi connectivity index (χ4v) is 1.43. The van der Waals surface area contributed by atoms with E-state index in [1.807, 2.05) is 32.0 Å². The highest BCUT2D eigenvalue weighted by Gasteiger charge is 2.02. The van der Waals surface area contributed by atoms with Crippen molar-refractivity contribution in [2.75, 3.05) is 5.32 Å². The van der Waals surface area contributed by atoms with Crippen LogP contribution < -0.4 is 5.32 Å². The van der Waals surface area contributed by atoms with E-state index in [4.69, 9.17) is 4.42 Å². The van der Waals surface area contributed by atoms with Gasteiger partial charge in [-0.25, -0.2) is 0 Å². The number of aromatic nitrogens is 1. The smallest absolute Gasteiger partial charge is 0.125 e. The largest absolute Gasteiger partial charge is 0.467 e. The van der Waals surface area contributed by atoms with Crippen molar-refractivity contribution >= 4 is 5.69 Å². The van der Waals surface area contributed by atoms with Crippen LogP contribution in [0.15, 0.2) is 35.1 Å². The summed E-state index contributed by atoms with van der Waals surface area (Å²) >= 11 is 0. The molecule has 3 heteroatoms. The Bertz CT molecular complexity index is 448. The van der Waals surface area contributed by atoms with E-state index in [9.17, 15) is 0 Å². The monoisotopic (exact) mass is 202 g/mol. The highest BCUT2D eigenvalue weighted by molar-refractivity contribution is 5.46. The van der Waals surface area contributed by atoms with Gasteiger partial charge in [-0.2, -0.15) is 0 Å². The van der Waals surface area contributed by atoms with Gasteiger partial charge in [-0.05, 0) is 37.6 Å². The molecule has 0 atom stereocenters. The van der Waals surface area contributed by atoms with Gasteiger partial charge in [0.2, 0.25) is 0 Å².